The molecule has 0 saturated carbocycles. The summed E-state index contributed by atoms with van der Waals surface area (Å²) in [5.74, 6) is -7.74. The van der Waals surface area contributed by atoms with Crippen LogP contribution in [-0.2, 0) is 19.1 Å². The number of hydrogen-bond donors (Lipinski definition) is 0. The molecule has 0 aliphatic carbocycles. The fraction of sp³-hybridized carbons (Fsp3) is 0.375. The van der Waals surface area contributed by atoms with E-state index in [1.54, 1.807) is 6.07 Å². The highest BCUT2D eigenvalue weighted by molar-refractivity contribution is 5.96. The van der Waals surface area contributed by atoms with Gasteiger partial charge in [0.2, 0.25) is 0 Å². The fourth-order valence-corrected chi connectivity index (χ4v) is 2.10. The third kappa shape index (κ3) is 4.84. The lowest BCUT2D eigenvalue weighted by molar-refractivity contribution is -0.162. The zero-order chi connectivity index (χ0) is 17.4. The molecule has 4 nitrogen and oxygen atoms in total. The van der Waals surface area contributed by atoms with Crippen LogP contribution in [0.25, 0.3) is 0 Å². The van der Waals surface area contributed by atoms with Crippen molar-refractivity contribution in [3.8, 4) is 0 Å². The van der Waals surface area contributed by atoms with E-state index < -0.39 is 35.7 Å². The van der Waals surface area contributed by atoms with E-state index >= 15 is 0 Å². The van der Waals surface area contributed by atoms with Gasteiger partial charge in [0.05, 0.1) is 19.1 Å². The van der Waals surface area contributed by atoms with Crippen LogP contribution in [0, 0.1) is 5.92 Å². The van der Waals surface area contributed by atoms with Gasteiger partial charge in [0.15, 0.2) is 11.7 Å². The molecule has 0 aromatic heterocycles. The average molecular weight is 330 g/mol. The van der Waals surface area contributed by atoms with Crippen molar-refractivity contribution in [2.24, 2.45) is 5.92 Å². The summed E-state index contributed by atoms with van der Waals surface area (Å²) in [7, 11) is 0. The Morgan fingerprint density at radius 1 is 0.957 bits per heavy atom. The molecule has 0 radical (unpaired) electrons. The molecule has 1 aromatic rings. The van der Waals surface area contributed by atoms with Gasteiger partial charge in [0.1, 0.15) is 0 Å². The third-order valence-corrected chi connectivity index (χ3v) is 3.03. The average Bonchev–Trinajstić information content (AvgIpc) is 2.52. The second-order valence-electron chi connectivity index (χ2n) is 4.48. The molecule has 7 heteroatoms. The Morgan fingerprint density at radius 2 is 1.43 bits per heavy atom. The Kier molecular flexibility index (Phi) is 7.31. The molecule has 0 aliphatic rings. The molecule has 1 aromatic carbocycles. The smallest absolute Gasteiger partial charge is 0.321 e. The molecular formula is C16H17F3O4. The number of rotatable bonds is 7. The molecule has 0 saturated heterocycles. The first-order valence-corrected chi connectivity index (χ1v) is 7.02. The summed E-state index contributed by atoms with van der Waals surface area (Å²) in [5.41, 5.74) is 0.0453. The minimum Gasteiger partial charge on any atom is -0.465 e. The summed E-state index contributed by atoms with van der Waals surface area (Å²) in [6, 6.07) is 7.26. The molecule has 1 rings (SSSR count). The first-order chi connectivity index (χ1) is 10.9. The highest BCUT2D eigenvalue weighted by Gasteiger charge is 2.42. The van der Waals surface area contributed by atoms with Crippen LogP contribution in [-0.4, -0.2) is 25.2 Å². The molecule has 0 fully saturated rings. The van der Waals surface area contributed by atoms with E-state index in [4.69, 9.17) is 9.47 Å². The van der Waals surface area contributed by atoms with Crippen LogP contribution in [0.3, 0.4) is 0 Å². The van der Waals surface area contributed by atoms with Crippen LogP contribution >= 0.6 is 0 Å². The second-order valence-corrected chi connectivity index (χ2v) is 4.48. The van der Waals surface area contributed by atoms with Crippen LogP contribution < -0.4 is 0 Å². The maximum absolute atomic E-state index is 14.0. The minimum absolute atomic E-state index is 0.0453. The fourth-order valence-electron chi connectivity index (χ4n) is 2.10. The number of halogens is 3. The van der Waals surface area contributed by atoms with E-state index in [0.717, 1.165) is 0 Å². The summed E-state index contributed by atoms with van der Waals surface area (Å²) >= 11 is 0. The molecule has 126 valence electrons. The van der Waals surface area contributed by atoms with E-state index in [9.17, 15) is 22.8 Å². The molecule has 0 bridgehead atoms. The monoisotopic (exact) mass is 330 g/mol. The van der Waals surface area contributed by atoms with Crippen molar-refractivity contribution in [1.82, 2.24) is 0 Å². The Labute approximate surface area is 131 Å². The summed E-state index contributed by atoms with van der Waals surface area (Å²) in [4.78, 5) is 24.1. The molecule has 0 aliphatic heterocycles. The normalized spacial score (nSPS) is 11.7. The predicted molar refractivity (Wildman–Crippen MR) is 76.3 cm³/mol. The molecule has 0 N–H and O–H groups in total. The molecule has 1 unspecified atom stereocenters. The van der Waals surface area contributed by atoms with E-state index in [1.165, 1.54) is 38.1 Å². The van der Waals surface area contributed by atoms with Gasteiger partial charge >= 0.3 is 18.0 Å². The van der Waals surface area contributed by atoms with Gasteiger partial charge in [-0.2, -0.15) is 8.78 Å². The van der Waals surface area contributed by atoms with Crippen molar-refractivity contribution >= 4 is 11.9 Å². The van der Waals surface area contributed by atoms with Crippen molar-refractivity contribution < 1.29 is 32.2 Å². The summed E-state index contributed by atoms with van der Waals surface area (Å²) < 4.78 is 49.1. The van der Waals surface area contributed by atoms with E-state index in [0.29, 0.717) is 0 Å². The molecule has 0 spiro atoms. The van der Waals surface area contributed by atoms with E-state index in [-0.39, 0.29) is 18.8 Å². The Morgan fingerprint density at radius 3 is 1.83 bits per heavy atom. The number of carbonyl (C=O) groups excluding carboxylic acids is 2. The third-order valence-electron chi connectivity index (χ3n) is 3.03. The van der Waals surface area contributed by atoms with Crippen LogP contribution in [0.4, 0.5) is 13.2 Å². The highest BCUT2D eigenvalue weighted by Crippen LogP contribution is 2.37. The van der Waals surface area contributed by atoms with Gasteiger partial charge in [0, 0.05) is 0 Å². The zero-order valence-corrected chi connectivity index (χ0v) is 12.7. The van der Waals surface area contributed by atoms with Gasteiger partial charge in [-0.05, 0) is 19.4 Å². The van der Waals surface area contributed by atoms with Gasteiger partial charge in [-0.15, -0.1) is 0 Å². The van der Waals surface area contributed by atoms with E-state index in [1.807, 2.05) is 0 Å². The lowest BCUT2D eigenvalue weighted by atomic mass is 9.85. The Hall–Kier alpha value is -2.31. The Bertz CT molecular complexity index is 550. The Balaban J connectivity index is 3.40. The largest absolute Gasteiger partial charge is 0.465 e. The number of allylic oxidation sites excluding steroid dienone is 1. The zero-order valence-electron chi connectivity index (χ0n) is 12.7. The van der Waals surface area contributed by atoms with Gasteiger partial charge in [-0.1, -0.05) is 30.3 Å². The molecule has 0 heterocycles. The van der Waals surface area contributed by atoms with Crippen LogP contribution in [0.2, 0.25) is 0 Å². The minimum atomic E-state index is -2.60. The van der Waals surface area contributed by atoms with Crippen molar-refractivity contribution in [2.45, 2.75) is 19.8 Å². The second kappa shape index (κ2) is 8.97. The van der Waals surface area contributed by atoms with Gasteiger partial charge < -0.3 is 9.47 Å². The van der Waals surface area contributed by atoms with Crippen LogP contribution in [0.1, 0.15) is 25.3 Å². The topological polar surface area (TPSA) is 52.6 Å². The quantitative estimate of drug-likeness (QED) is 0.566. The number of esters is 2. The summed E-state index contributed by atoms with van der Waals surface area (Å²) in [5, 5.41) is 0. The van der Waals surface area contributed by atoms with Crippen LogP contribution in [0.15, 0.2) is 42.2 Å². The van der Waals surface area contributed by atoms with Crippen molar-refractivity contribution in [2.75, 3.05) is 13.2 Å². The number of carbonyl (C=O) groups is 2. The van der Waals surface area contributed by atoms with Crippen molar-refractivity contribution in [3.63, 3.8) is 0 Å². The van der Waals surface area contributed by atoms with Gasteiger partial charge in [0.25, 0.3) is 0 Å². The molecule has 0 amide bonds. The lowest BCUT2D eigenvalue weighted by Gasteiger charge is -2.23. The molecule has 1 atom stereocenters. The molecular weight excluding hydrogens is 313 g/mol. The summed E-state index contributed by atoms with van der Waals surface area (Å²) in [6.45, 7) is 2.80. The SMILES string of the molecule is CCOC(=O)C(C(=O)OCC)C(C(F)=C(F)F)c1ccccc1. The van der Waals surface area contributed by atoms with Gasteiger partial charge in [-0.25, -0.2) is 4.39 Å². The lowest BCUT2D eigenvalue weighted by Crippen LogP contribution is -2.34. The first kappa shape index (κ1) is 18.7. The number of benzene rings is 1. The predicted octanol–water partition coefficient (Wildman–Crippen LogP) is 3.59. The first-order valence-electron chi connectivity index (χ1n) is 7.02. The highest BCUT2D eigenvalue weighted by atomic mass is 19.3. The maximum atomic E-state index is 14.0. The van der Waals surface area contributed by atoms with Crippen LogP contribution in [0.5, 0.6) is 0 Å². The maximum Gasteiger partial charge on any atom is 0.321 e. The van der Waals surface area contributed by atoms with Gasteiger partial charge in [-0.3, -0.25) is 9.59 Å². The summed E-state index contributed by atoms with van der Waals surface area (Å²) in [6.07, 6.45) is -2.60. The molecule has 23 heavy (non-hydrogen) atoms. The van der Waals surface area contributed by atoms with Crippen molar-refractivity contribution in [3.05, 3.63) is 47.8 Å². The standard InChI is InChI=1S/C16H17F3O4/c1-3-22-15(20)12(16(21)23-4-2)11(13(17)14(18)19)10-8-6-5-7-9-10/h5-9,11-12H,3-4H2,1-2H3. The number of ether oxygens (including phenoxy) is 2. The van der Waals surface area contributed by atoms with E-state index in [2.05, 4.69) is 0 Å². The number of hydrogen-bond acceptors (Lipinski definition) is 4. The van der Waals surface area contributed by atoms with Crippen molar-refractivity contribution in [1.29, 1.82) is 0 Å².